The van der Waals surface area contributed by atoms with E-state index in [0.717, 1.165) is 12.1 Å². The van der Waals surface area contributed by atoms with Gasteiger partial charge in [-0.25, -0.2) is 13.1 Å². The largest absolute Gasteiger partial charge is 0.416 e. The van der Waals surface area contributed by atoms with Gasteiger partial charge in [0.2, 0.25) is 0 Å². The summed E-state index contributed by atoms with van der Waals surface area (Å²) in [6, 6.07) is 7.98. The third-order valence-corrected chi connectivity index (χ3v) is 6.10. The first-order valence-electron chi connectivity index (χ1n) is 9.00. The number of aromatic nitrogens is 3. The van der Waals surface area contributed by atoms with Gasteiger partial charge < -0.3 is 9.88 Å². The van der Waals surface area contributed by atoms with Gasteiger partial charge in [0.15, 0.2) is 15.7 Å². The van der Waals surface area contributed by atoms with Crippen molar-refractivity contribution in [2.75, 3.05) is 18.1 Å². The first-order chi connectivity index (χ1) is 14.1. The number of carbonyl (C=O) groups is 1. The van der Waals surface area contributed by atoms with Gasteiger partial charge in [0, 0.05) is 24.7 Å². The molecule has 7 nitrogen and oxygen atoms in total. The van der Waals surface area contributed by atoms with Crippen LogP contribution in [0.4, 0.5) is 13.2 Å². The monoisotopic (exact) mass is 440 g/mol. The van der Waals surface area contributed by atoms with E-state index in [2.05, 4.69) is 10.4 Å². The smallest absolute Gasteiger partial charge is 0.351 e. The second kappa shape index (κ2) is 8.34. The first-order valence-corrected chi connectivity index (χ1v) is 10.8. The number of nitrogens with zero attached hydrogens (tertiary/aromatic N) is 3. The van der Waals surface area contributed by atoms with Gasteiger partial charge in [-0.2, -0.15) is 18.3 Å². The second-order valence-electron chi connectivity index (χ2n) is 6.42. The quantitative estimate of drug-likeness (QED) is 0.612. The van der Waals surface area contributed by atoms with Crippen molar-refractivity contribution in [3.05, 3.63) is 66.1 Å². The SMILES string of the molecule is CCS(=O)(=O)CCNC(=O)c1cnn(-c2cccc(C(F)(F)F)c2)c1-n1cccc1. The number of sulfone groups is 1. The van der Waals surface area contributed by atoms with Crippen LogP contribution in [0, 0.1) is 0 Å². The Morgan fingerprint density at radius 2 is 1.87 bits per heavy atom. The van der Waals surface area contributed by atoms with E-state index in [1.807, 2.05) is 0 Å². The van der Waals surface area contributed by atoms with Crippen LogP contribution in [0.2, 0.25) is 0 Å². The number of alkyl halides is 3. The predicted molar refractivity (Wildman–Crippen MR) is 105 cm³/mol. The Morgan fingerprint density at radius 3 is 2.50 bits per heavy atom. The topological polar surface area (TPSA) is 86.0 Å². The molecule has 1 amide bonds. The molecule has 1 N–H and O–H groups in total. The second-order valence-corrected chi connectivity index (χ2v) is 8.90. The molecule has 0 atom stereocenters. The first kappa shape index (κ1) is 21.6. The fourth-order valence-corrected chi connectivity index (χ4v) is 3.49. The Labute approximate surface area is 171 Å². The van der Waals surface area contributed by atoms with Gasteiger partial charge in [-0.3, -0.25) is 4.79 Å². The maximum absolute atomic E-state index is 13.1. The average Bonchev–Trinajstić information content (AvgIpc) is 3.36. The lowest BCUT2D eigenvalue weighted by Crippen LogP contribution is -2.30. The number of hydrogen-bond donors (Lipinski definition) is 1. The van der Waals surface area contributed by atoms with Crippen LogP contribution in [0.15, 0.2) is 55.0 Å². The van der Waals surface area contributed by atoms with E-state index in [1.165, 1.54) is 29.9 Å². The van der Waals surface area contributed by atoms with E-state index in [0.29, 0.717) is 0 Å². The van der Waals surface area contributed by atoms with Crippen LogP contribution in [-0.4, -0.2) is 46.7 Å². The normalized spacial score (nSPS) is 12.1. The van der Waals surface area contributed by atoms with E-state index in [1.54, 1.807) is 29.1 Å². The summed E-state index contributed by atoms with van der Waals surface area (Å²) in [6.45, 7) is 1.43. The van der Waals surface area contributed by atoms with Crippen molar-refractivity contribution in [2.24, 2.45) is 0 Å². The average molecular weight is 440 g/mol. The highest BCUT2D eigenvalue weighted by atomic mass is 32.2. The Kier molecular flexibility index (Phi) is 6.01. The zero-order valence-corrected chi connectivity index (χ0v) is 16.7. The summed E-state index contributed by atoms with van der Waals surface area (Å²) < 4.78 is 65.3. The van der Waals surface area contributed by atoms with Crippen LogP contribution in [0.3, 0.4) is 0 Å². The van der Waals surface area contributed by atoms with Crippen LogP contribution >= 0.6 is 0 Å². The van der Waals surface area contributed by atoms with Crippen molar-refractivity contribution < 1.29 is 26.4 Å². The van der Waals surface area contributed by atoms with Gasteiger partial charge >= 0.3 is 6.18 Å². The van der Waals surface area contributed by atoms with Crippen LogP contribution in [-0.2, 0) is 16.0 Å². The molecule has 0 bridgehead atoms. The highest BCUT2D eigenvalue weighted by Crippen LogP contribution is 2.31. The molecule has 0 saturated carbocycles. The van der Waals surface area contributed by atoms with Crippen molar-refractivity contribution in [1.82, 2.24) is 19.7 Å². The van der Waals surface area contributed by atoms with Crippen LogP contribution in [0.25, 0.3) is 11.5 Å². The summed E-state index contributed by atoms with van der Waals surface area (Å²) >= 11 is 0. The van der Waals surface area contributed by atoms with Gasteiger partial charge in [0.1, 0.15) is 5.56 Å². The molecule has 2 heterocycles. The summed E-state index contributed by atoms with van der Waals surface area (Å²) in [7, 11) is -3.25. The number of hydrogen-bond acceptors (Lipinski definition) is 4. The summed E-state index contributed by atoms with van der Waals surface area (Å²) in [6.07, 6.45) is -0.0418. The lowest BCUT2D eigenvalue weighted by Gasteiger charge is -2.13. The van der Waals surface area contributed by atoms with Gasteiger partial charge in [-0.05, 0) is 30.3 Å². The van der Waals surface area contributed by atoms with E-state index < -0.39 is 27.5 Å². The standard InChI is InChI=1S/C19H19F3N4O3S/c1-2-30(28,29)11-8-23-17(27)16-13-24-26(18(16)25-9-3-4-10-25)15-7-5-6-14(12-15)19(20,21)22/h3-7,9-10,12-13H,2,8,11H2,1H3,(H,23,27). The van der Waals surface area contributed by atoms with Crippen LogP contribution in [0.5, 0.6) is 0 Å². The molecule has 11 heteroatoms. The van der Waals surface area contributed by atoms with Crippen molar-refractivity contribution in [2.45, 2.75) is 13.1 Å². The van der Waals surface area contributed by atoms with E-state index >= 15 is 0 Å². The number of rotatable bonds is 7. The Bertz CT molecular complexity index is 1140. The molecule has 30 heavy (non-hydrogen) atoms. The third-order valence-electron chi connectivity index (χ3n) is 4.39. The lowest BCUT2D eigenvalue weighted by atomic mass is 10.2. The molecule has 0 spiro atoms. The Morgan fingerprint density at radius 1 is 1.17 bits per heavy atom. The fraction of sp³-hybridized carbons (Fsp3) is 0.263. The Hall–Kier alpha value is -3.08. The highest BCUT2D eigenvalue weighted by molar-refractivity contribution is 7.91. The molecule has 0 aliphatic rings. The predicted octanol–water partition coefficient (Wildman–Crippen LogP) is 2.85. The van der Waals surface area contributed by atoms with Crippen molar-refractivity contribution in [1.29, 1.82) is 0 Å². The van der Waals surface area contributed by atoms with Crippen molar-refractivity contribution >= 4 is 15.7 Å². The zero-order valence-electron chi connectivity index (χ0n) is 15.9. The maximum atomic E-state index is 13.1. The molecule has 2 aromatic heterocycles. The molecule has 3 aromatic rings. The molecule has 3 rings (SSSR count). The fourth-order valence-electron chi connectivity index (χ4n) is 2.79. The molecule has 0 saturated heterocycles. The van der Waals surface area contributed by atoms with Gasteiger partial charge in [0.25, 0.3) is 5.91 Å². The Balaban J connectivity index is 1.97. The third kappa shape index (κ3) is 4.73. The summed E-state index contributed by atoms with van der Waals surface area (Å²) in [5, 5.41) is 6.64. The number of nitrogens with one attached hydrogen (secondary N) is 1. The number of benzene rings is 1. The molecule has 1 aromatic carbocycles. The summed E-state index contributed by atoms with van der Waals surface area (Å²) in [4.78, 5) is 12.7. The number of carbonyl (C=O) groups excluding carboxylic acids is 1. The molecular weight excluding hydrogens is 421 g/mol. The molecule has 0 fully saturated rings. The number of amides is 1. The van der Waals surface area contributed by atoms with E-state index in [9.17, 15) is 26.4 Å². The minimum absolute atomic E-state index is 0.0367. The molecule has 160 valence electrons. The molecular formula is C19H19F3N4O3S. The maximum Gasteiger partial charge on any atom is 0.416 e. The van der Waals surface area contributed by atoms with Crippen LogP contribution < -0.4 is 5.32 Å². The minimum Gasteiger partial charge on any atom is -0.351 e. The molecule has 0 aliphatic heterocycles. The number of halogens is 3. The van der Waals surface area contributed by atoms with Crippen LogP contribution in [0.1, 0.15) is 22.8 Å². The summed E-state index contributed by atoms with van der Waals surface area (Å²) in [5.41, 5.74) is -0.622. The zero-order chi connectivity index (χ0) is 21.9. The van der Waals surface area contributed by atoms with Crippen molar-refractivity contribution in [3.8, 4) is 11.5 Å². The molecule has 0 unspecified atom stereocenters. The molecule has 0 radical (unpaired) electrons. The van der Waals surface area contributed by atoms with E-state index in [-0.39, 0.29) is 35.1 Å². The van der Waals surface area contributed by atoms with Gasteiger partial charge in [-0.1, -0.05) is 13.0 Å². The van der Waals surface area contributed by atoms with E-state index in [4.69, 9.17) is 0 Å². The lowest BCUT2D eigenvalue weighted by molar-refractivity contribution is -0.137. The minimum atomic E-state index is -4.53. The summed E-state index contributed by atoms with van der Waals surface area (Å²) in [5.74, 6) is -0.598. The van der Waals surface area contributed by atoms with Crippen molar-refractivity contribution in [3.63, 3.8) is 0 Å². The highest BCUT2D eigenvalue weighted by Gasteiger charge is 2.31. The van der Waals surface area contributed by atoms with Gasteiger partial charge in [0.05, 0.1) is 23.2 Å². The van der Waals surface area contributed by atoms with Gasteiger partial charge in [-0.15, -0.1) is 0 Å². The molecule has 0 aliphatic carbocycles.